The fourth-order valence-corrected chi connectivity index (χ4v) is 3.66. The molecule has 0 atom stereocenters. The Hall–Kier alpha value is -1.72. The molecule has 1 fully saturated rings. The Balaban J connectivity index is 1.88. The quantitative estimate of drug-likeness (QED) is 0.941. The molecule has 1 aromatic heterocycles. The van der Waals surface area contributed by atoms with Crippen LogP contribution in [0.3, 0.4) is 0 Å². The Morgan fingerprint density at radius 3 is 2.71 bits per heavy atom. The molecule has 3 rings (SSSR count). The fraction of sp³-hybridized carbons (Fsp3) is 0.312. The van der Waals surface area contributed by atoms with E-state index in [9.17, 15) is 9.18 Å². The standard InChI is InChI=1S/C16H16FNO2S/c17-12-3-1-4-13(11-12)18-15(19)16(6-8-20-9-7-16)14-5-2-10-21-14/h1-5,10-11H,6-9H2,(H,18,19). The third-order valence-electron chi connectivity index (χ3n) is 3.86. The number of ether oxygens (including phenoxy) is 1. The van der Waals surface area contributed by atoms with Gasteiger partial charge in [-0.25, -0.2) is 4.39 Å². The van der Waals surface area contributed by atoms with Gasteiger partial charge in [0.15, 0.2) is 0 Å². The number of benzene rings is 1. The summed E-state index contributed by atoms with van der Waals surface area (Å²) in [5.41, 5.74) is -0.0823. The molecular weight excluding hydrogens is 289 g/mol. The Labute approximate surface area is 126 Å². The number of carbonyl (C=O) groups is 1. The minimum absolute atomic E-state index is 0.0844. The molecule has 3 nitrogen and oxygen atoms in total. The van der Waals surface area contributed by atoms with Crippen molar-refractivity contribution in [3.8, 4) is 0 Å². The first-order valence-electron chi connectivity index (χ1n) is 6.89. The number of carbonyl (C=O) groups excluding carboxylic acids is 1. The molecule has 1 N–H and O–H groups in total. The molecule has 1 aliphatic rings. The highest BCUT2D eigenvalue weighted by atomic mass is 32.1. The van der Waals surface area contributed by atoms with Crippen LogP contribution >= 0.6 is 11.3 Å². The second-order valence-corrected chi connectivity index (χ2v) is 6.08. The van der Waals surface area contributed by atoms with Gasteiger partial charge < -0.3 is 10.1 Å². The molecule has 0 unspecified atom stereocenters. The minimum atomic E-state index is -0.571. The monoisotopic (exact) mass is 305 g/mol. The van der Waals surface area contributed by atoms with Gasteiger partial charge in [0.25, 0.3) is 0 Å². The molecular formula is C16H16FNO2S. The van der Waals surface area contributed by atoms with Gasteiger partial charge in [0.05, 0.1) is 5.41 Å². The topological polar surface area (TPSA) is 38.3 Å². The number of nitrogens with one attached hydrogen (secondary N) is 1. The maximum Gasteiger partial charge on any atom is 0.236 e. The predicted octanol–water partition coefficient (Wildman–Crippen LogP) is 3.57. The van der Waals surface area contributed by atoms with Crippen LogP contribution in [-0.4, -0.2) is 19.1 Å². The number of anilines is 1. The van der Waals surface area contributed by atoms with Gasteiger partial charge in [0.1, 0.15) is 5.82 Å². The van der Waals surface area contributed by atoms with Crippen LogP contribution in [0.5, 0.6) is 0 Å². The molecule has 0 radical (unpaired) electrons. The number of hydrogen-bond donors (Lipinski definition) is 1. The van der Waals surface area contributed by atoms with Crippen molar-refractivity contribution < 1.29 is 13.9 Å². The Kier molecular flexibility index (Phi) is 4.03. The summed E-state index contributed by atoms with van der Waals surface area (Å²) in [6.07, 6.45) is 1.29. The molecule has 0 bridgehead atoms. The van der Waals surface area contributed by atoms with E-state index in [4.69, 9.17) is 4.74 Å². The zero-order valence-electron chi connectivity index (χ0n) is 11.5. The lowest BCUT2D eigenvalue weighted by Gasteiger charge is -2.35. The molecule has 110 valence electrons. The van der Waals surface area contributed by atoms with Crippen LogP contribution in [0.15, 0.2) is 41.8 Å². The highest BCUT2D eigenvalue weighted by molar-refractivity contribution is 7.10. The summed E-state index contributed by atoms with van der Waals surface area (Å²) < 4.78 is 18.7. The third kappa shape index (κ3) is 2.84. The van der Waals surface area contributed by atoms with Crippen molar-refractivity contribution >= 4 is 22.9 Å². The number of thiophene rings is 1. The van der Waals surface area contributed by atoms with E-state index in [-0.39, 0.29) is 11.7 Å². The number of amides is 1. The number of halogens is 1. The first-order valence-corrected chi connectivity index (χ1v) is 7.77. The van der Waals surface area contributed by atoms with Crippen molar-refractivity contribution in [1.82, 2.24) is 0 Å². The molecule has 0 saturated carbocycles. The summed E-state index contributed by atoms with van der Waals surface area (Å²) in [5.74, 6) is -0.441. The SMILES string of the molecule is O=C(Nc1cccc(F)c1)C1(c2cccs2)CCOCC1. The van der Waals surface area contributed by atoms with E-state index in [2.05, 4.69) is 5.32 Å². The van der Waals surface area contributed by atoms with Crippen LogP contribution in [0.25, 0.3) is 0 Å². The maximum atomic E-state index is 13.3. The van der Waals surface area contributed by atoms with E-state index in [1.165, 1.54) is 12.1 Å². The van der Waals surface area contributed by atoms with Crippen LogP contribution in [0.4, 0.5) is 10.1 Å². The van der Waals surface area contributed by atoms with Crippen molar-refractivity contribution in [2.24, 2.45) is 0 Å². The van der Waals surface area contributed by atoms with Gasteiger partial charge in [-0.05, 0) is 42.5 Å². The first-order chi connectivity index (χ1) is 10.2. The van der Waals surface area contributed by atoms with Crippen LogP contribution in [-0.2, 0) is 14.9 Å². The smallest absolute Gasteiger partial charge is 0.236 e. The Morgan fingerprint density at radius 1 is 1.24 bits per heavy atom. The summed E-state index contributed by atoms with van der Waals surface area (Å²) in [4.78, 5) is 13.9. The average molecular weight is 305 g/mol. The van der Waals surface area contributed by atoms with Crippen molar-refractivity contribution in [2.45, 2.75) is 18.3 Å². The summed E-state index contributed by atoms with van der Waals surface area (Å²) in [5, 5.41) is 4.83. The van der Waals surface area contributed by atoms with E-state index in [1.54, 1.807) is 23.5 Å². The maximum absolute atomic E-state index is 13.3. The first kappa shape index (κ1) is 14.2. The largest absolute Gasteiger partial charge is 0.381 e. The second-order valence-electron chi connectivity index (χ2n) is 5.14. The van der Waals surface area contributed by atoms with Crippen LogP contribution in [0, 0.1) is 5.82 Å². The second kappa shape index (κ2) is 5.95. The predicted molar refractivity (Wildman–Crippen MR) is 81.1 cm³/mol. The average Bonchev–Trinajstić information content (AvgIpc) is 3.02. The van der Waals surface area contributed by atoms with Gasteiger partial charge in [-0.1, -0.05) is 12.1 Å². The molecule has 5 heteroatoms. The van der Waals surface area contributed by atoms with Crippen molar-refractivity contribution in [3.63, 3.8) is 0 Å². The van der Waals surface area contributed by atoms with Crippen LogP contribution in [0.2, 0.25) is 0 Å². The lowest BCUT2D eigenvalue weighted by atomic mass is 9.78. The molecule has 0 spiro atoms. The van der Waals surface area contributed by atoms with Crippen LogP contribution in [0.1, 0.15) is 17.7 Å². The van der Waals surface area contributed by atoms with E-state index in [0.717, 1.165) is 4.88 Å². The molecule has 2 heterocycles. The van der Waals surface area contributed by atoms with Crippen LogP contribution < -0.4 is 5.32 Å². The zero-order valence-corrected chi connectivity index (χ0v) is 12.3. The molecule has 1 amide bonds. The van der Waals surface area contributed by atoms with Gasteiger partial charge in [0, 0.05) is 23.8 Å². The molecule has 1 saturated heterocycles. The van der Waals surface area contributed by atoms with E-state index < -0.39 is 5.41 Å². The highest BCUT2D eigenvalue weighted by Crippen LogP contribution is 2.38. The molecule has 2 aromatic rings. The summed E-state index contributed by atoms with van der Waals surface area (Å²) in [6.45, 7) is 1.13. The normalized spacial score (nSPS) is 17.4. The molecule has 0 aliphatic carbocycles. The Morgan fingerprint density at radius 2 is 2.05 bits per heavy atom. The van der Waals surface area contributed by atoms with Crippen molar-refractivity contribution in [3.05, 3.63) is 52.5 Å². The van der Waals surface area contributed by atoms with E-state index in [1.807, 2.05) is 17.5 Å². The Bertz CT molecular complexity index is 621. The molecule has 1 aromatic carbocycles. The van der Waals surface area contributed by atoms with Gasteiger partial charge in [-0.3, -0.25) is 4.79 Å². The lowest BCUT2D eigenvalue weighted by molar-refractivity contribution is -0.125. The van der Waals surface area contributed by atoms with Gasteiger partial charge >= 0.3 is 0 Å². The van der Waals surface area contributed by atoms with Gasteiger partial charge in [-0.15, -0.1) is 11.3 Å². The number of hydrogen-bond acceptors (Lipinski definition) is 3. The number of rotatable bonds is 3. The third-order valence-corrected chi connectivity index (χ3v) is 4.93. The summed E-state index contributed by atoms with van der Waals surface area (Å²) >= 11 is 1.58. The lowest BCUT2D eigenvalue weighted by Crippen LogP contribution is -2.44. The van der Waals surface area contributed by atoms with Crippen molar-refractivity contribution in [1.29, 1.82) is 0 Å². The highest BCUT2D eigenvalue weighted by Gasteiger charge is 2.42. The van der Waals surface area contributed by atoms with E-state index in [0.29, 0.717) is 31.7 Å². The van der Waals surface area contributed by atoms with Crippen molar-refractivity contribution in [2.75, 3.05) is 18.5 Å². The van der Waals surface area contributed by atoms with Gasteiger partial charge in [0.2, 0.25) is 5.91 Å². The summed E-state index contributed by atoms with van der Waals surface area (Å²) in [7, 11) is 0. The van der Waals surface area contributed by atoms with E-state index >= 15 is 0 Å². The molecule has 21 heavy (non-hydrogen) atoms. The zero-order chi connectivity index (χ0) is 14.7. The van der Waals surface area contributed by atoms with Gasteiger partial charge in [-0.2, -0.15) is 0 Å². The fourth-order valence-electron chi connectivity index (χ4n) is 2.67. The molecule has 1 aliphatic heterocycles. The summed E-state index contributed by atoms with van der Waals surface area (Å²) in [6, 6.07) is 9.92. The minimum Gasteiger partial charge on any atom is -0.381 e.